The number of hydrogen-bond donors (Lipinski definition) is 2. The van der Waals surface area contributed by atoms with Crippen molar-refractivity contribution in [3.8, 4) is 0 Å². The van der Waals surface area contributed by atoms with Crippen LogP contribution >= 0.6 is 12.6 Å². The molecule has 0 aliphatic carbocycles. The van der Waals surface area contributed by atoms with Gasteiger partial charge < -0.3 is 5.11 Å². The average Bonchev–Trinajstić information content (AvgIpc) is 1.86. The molecule has 0 atom stereocenters. The number of benzene rings is 1. The summed E-state index contributed by atoms with van der Waals surface area (Å²) in [5.74, 6) is 0. The first-order valence-corrected chi connectivity index (χ1v) is 3.97. The van der Waals surface area contributed by atoms with Crippen LogP contribution < -0.4 is 0 Å². The molecule has 0 saturated heterocycles. The number of hydrogen-bond acceptors (Lipinski definition) is 2. The topological polar surface area (TPSA) is 20.2 Å². The fourth-order valence-electron chi connectivity index (χ4n) is 0.991. The molecule has 0 spiro atoms. The second kappa shape index (κ2) is 2.88. The van der Waals surface area contributed by atoms with E-state index in [9.17, 15) is 5.11 Å². The Labute approximate surface area is 72.5 Å². The van der Waals surface area contributed by atoms with E-state index in [1.54, 1.807) is 13.8 Å². The largest absolute Gasteiger partial charge is 0.386 e. The van der Waals surface area contributed by atoms with E-state index in [4.69, 9.17) is 0 Å². The van der Waals surface area contributed by atoms with E-state index in [0.717, 1.165) is 10.5 Å². The summed E-state index contributed by atoms with van der Waals surface area (Å²) in [6, 6.07) is 7.54. The van der Waals surface area contributed by atoms with E-state index in [1.807, 2.05) is 24.3 Å². The zero-order valence-electron chi connectivity index (χ0n) is 6.70. The van der Waals surface area contributed by atoms with Gasteiger partial charge in [0, 0.05) is 4.90 Å². The SMILES string of the molecule is CC(C)(O)c1ccccc1S. The van der Waals surface area contributed by atoms with Gasteiger partial charge in [0.15, 0.2) is 0 Å². The van der Waals surface area contributed by atoms with Crippen molar-refractivity contribution in [2.24, 2.45) is 0 Å². The minimum atomic E-state index is -0.793. The molecule has 1 rings (SSSR count). The highest BCUT2D eigenvalue weighted by molar-refractivity contribution is 7.80. The van der Waals surface area contributed by atoms with E-state index >= 15 is 0 Å². The zero-order valence-corrected chi connectivity index (χ0v) is 7.60. The van der Waals surface area contributed by atoms with Gasteiger partial charge in [0.1, 0.15) is 0 Å². The molecule has 60 valence electrons. The molecule has 0 bridgehead atoms. The van der Waals surface area contributed by atoms with Crippen molar-refractivity contribution >= 4 is 12.6 Å². The van der Waals surface area contributed by atoms with Crippen LogP contribution in [0.5, 0.6) is 0 Å². The molecular formula is C9H12OS. The Morgan fingerprint density at radius 2 is 1.82 bits per heavy atom. The number of thiol groups is 1. The Balaban J connectivity index is 3.14. The molecule has 0 fully saturated rings. The van der Waals surface area contributed by atoms with Crippen LogP contribution in [0.4, 0.5) is 0 Å². The summed E-state index contributed by atoms with van der Waals surface area (Å²) in [4.78, 5) is 0.833. The lowest BCUT2D eigenvalue weighted by atomic mass is 9.99. The van der Waals surface area contributed by atoms with Gasteiger partial charge in [-0.15, -0.1) is 12.6 Å². The normalized spacial score (nSPS) is 11.6. The predicted molar refractivity (Wildman–Crippen MR) is 48.9 cm³/mol. The van der Waals surface area contributed by atoms with Gasteiger partial charge in [0.25, 0.3) is 0 Å². The monoisotopic (exact) mass is 168 g/mol. The zero-order chi connectivity index (χ0) is 8.48. The van der Waals surface area contributed by atoms with Gasteiger partial charge in [-0.3, -0.25) is 0 Å². The Kier molecular flexibility index (Phi) is 2.25. The molecule has 0 unspecified atom stereocenters. The maximum absolute atomic E-state index is 9.62. The van der Waals surface area contributed by atoms with Crippen LogP contribution in [0.3, 0.4) is 0 Å². The Bertz CT molecular complexity index is 250. The first kappa shape index (κ1) is 8.62. The van der Waals surface area contributed by atoms with E-state index in [1.165, 1.54) is 0 Å². The van der Waals surface area contributed by atoms with Crippen molar-refractivity contribution in [3.05, 3.63) is 29.8 Å². The fourth-order valence-corrected chi connectivity index (χ4v) is 1.43. The van der Waals surface area contributed by atoms with Crippen LogP contribution in [0.2, 0.25) is 0 Å². The van der Waals surface area contributed by atoms with Gasteiger partial charge in [-0.25, -0.2) is 0 Å². The van der Waals surface area contributed by atoms with E-state index in [2.05, 4.69) is 12.6 Å². The smallest absolute Gasteiger partial charge is 0.0851 e. The first-order chi connectivity index (χ1) is 5.02. The molecule has 1 aromatic rings. The van der Waals surface area contributed by atoms with Crippen molar-refractivity contribution in [1.82, 2.24) is 0 Å². The summed E-state index contributed by atoms with van der Waals surface area (Å²) < 4.78 is 0. The van der Waals surface area contributed by atoms with Gasteiger partial charge in [-0.1, -0.05) is 18.2 Å². The van der Waals surface area contributed by atoms with Crippen molar-refractivity contribution in [2.45, 2.75) is 24.3 Å². The van der Waals surface area contributed by atoms with Gasteiger partial charge in [0.05, 0.1) is 5.60 Å². The molecule has 0 radical (unpaired) electrons. The van der Waals surface area contributed by atoms with Crippen molar-refractivity contribution in [1.29, 1.82) is 0 Å². The summed E-state index contributed by atoms with van der Waals surface area (Å²) in [5.41, 5.74) is 0.0709. The van der Waals surface area contributed by atoms with Crippen LogP contribution in [-0.4, -0.2) is 5.11 Å². The second-order valence-electron chi connectivity index (χ2n) is 3.08. The highest BCUT2D eigenvalue weighted by atomic mass is 32.1. The second-order valence-corrected chi connectivity index (χ2v) is 3.56. The van der Waals surface area contributed by atoms with E-state index < -0.39 is 5.60 Å². The first-order valence-electron chi connectivity index (χ1n) is 3.52. The molecule has 0 aliphatic rings. The molecule has 1 nitrogen and oxygen atoms in total. The number of aliphatic hydroxyl groups is 1. The minimum Gasteiger partial charge on any atom is -0.386 e. The molecule has 0 saturated carbocycles. The van der Waals surface area contributed by atoms with Crippen LogP contribution in [-0.2, 0) is 5.60 Å². The highest BCUT2D eigenvalue weighted by Gasteiger charge is 2.17. The van der Waals surface area contributed by atoms with E-state index in [-0.39, 0.29) is 0 Å². The number of rotatable bonds is 1. The lowest BCUT2D eigenvalue weighted by Gasteiger charge is -2.19. The Morgan fingerprint density at radius 1 is 1.27 bits per heavy atom. The van der Waals surface area contributed by atoms with Crippen LogP contribution in [0.25, 0.3) is 0 Å². The summed E-state index contributed by atoms with van der Waals surface area (Å²) in [5, 5.41) is 9.62. The van der Waals surface area contributed by atoms with Crippen molar-refractivity contribution < 1.29 is 5.11 Å². The predicted octanol–water partition coefficient (Wildman–Crippen LogP) is 2.20. The molecule has 2 heteroatoms. The molecule has 1 aromatic carbocycles. The van der Waals surface area contributed by atoms with Crippen molar-refractivity contribution in [2.75, 3.05) is 0 Å². The summed E-state index contributed by atoms with van der Waals surface area (Å²) >= 11 is 4.23. The molecule has 0 aromatic heterocycles. The summed E-state index contributed by atoms with van der Waals surface area (Å²) in [6.07, 6.45) is 0. The molecule has 11 heavy (non-hydrogen) atoms. The summed E-state index contributed by atoms with van der Waals surface area (Å²) in [7, 11) is 0. The molecule has 0 heterocycles. The van der Waals surface area contributed by atoms with Gasteiger partial charge in [0.2, 0.25) is 0 Å². The highest BCUT2D eigenvalue weighted by Crippen LogP contribution is 2.25. The Hall–Kier alpha value is -0.470. The van der Waals surface area contributed by atoms with Crippen LogP contribution in [0.1, 0.15) is 19.4 Å². The lowest BCUT2D eigenvalue weighted by Crippen LogP contribution is -2.15. The maximum atomic E-state index is 9.62. The van der Waals surface area contributed by atoms with Crippen LogP contribution in [0, 0.1) is 0 Å². The minimum absolute atomic E-state index is 0.793. The molecular weight excluding hydrogens is 156 g/mol. The fraction of sp³-hybridized carbons (Fsp3) is 0.333. The van der Waals surface area contributed by atoms with Crippen LogP contribution in [0.15, 0.2) is 29.2 Å². The maximum Gasteiger partial charge on any atom is 0.0851 e. The van der Waals surface area contributed by atoms with Gasteiger partial charge >= 0.3 is 0 Å². The Morgan fingerprint density at radius 3 is 2.18 bits per heavy atom. The third-order valence-corrected chi connectivity index (χ3v) is 1.95. The van der Waals surface area contributed by atoms with Crippen molar-refractivity contribution in [3.63, 3.8) is 0 Å². The molecule has 0 aliphatic heterocycles. The van der Waals surface area contributed by atoms with Gasteiger partial charge in [-0.2, -0.15) is 0 Å². The lowest BCUT2D eigenvalue weighted by molar-refractivity contribution is 0.0758. The third kappa shape index (κ3) is 1.98. The summed E-state index contributed by atoms with van der Waals surface area (Å²) in [6.45, 7) is 3.50. The third-order valence-electron chi connectivity index (χ3n) is 1.56. The standard InChI is InChI=1S/C9H12OS/c1-9(2,10)7-5-3-4-6-8(7)11/h3-6,10-11H,1-2H3. The average molecular weight is 168 g/mol. The molecule has 1 N–H and O–H groups in total. The molecule has 0 amide bonds. The van der Waals surface area contributed by atoms with E-state index in [0.29, 0.717) is 0 Å². The van der Waals surface area contributed by atoms with Gasteiger partial charge in [-0.05, 0) is 25.5 Å². The quantitative estimate of drug-likeness (QED) is 0.616.